The number of benzene rings is 2. The van der Waals surface area contributed by atoms with Crippen LogP contribution in [0.15, 0.2) is 35.1 Å². The number of aromatic carboxylic acids is 1. The van der Waals surface area contributed by atoms with E-state index in [9.17, 15) is 45.3 Å². The van der Waals surface area contributed by atoms with Gasteiger partial charge in [-0.3, -0.25) is 4.79 Å². The first-order chi connectivity index (χ1) is 14.6. The molecule has 2 atom stereocenters. The van der Waals surface area contributed by atoms with Gasteiger partial charge in [0.25, 0.3) is 0 Å². The van der Waals surface area contributed by atoms with E-state index in [-0.39, 0.29) is 40.2 Å². The summed E-state index contributed by atoms with van der Waals surface area (Å²) in [6.45, 7) is 0. The Hall–Kier alpha value is -4.18. The predicted molar refractivity (Wildman–Crippen MR) is 105 cm³/mol. The maximum atomic E-state index is 12.2. The average Bonchev–Trinajstić information content (AvgIpc) is 2.82. The van der Waals surface area contributed by atoms with Crippen molar-refractivity contribution in [1.82, 2.24) is 0 Å². The van der Waals surface area contributed by atoms with Crippen LogP contribution in [0.2, 0.25) is 0 Å². The number of hydrogen-bond acceptors (Lipinski definition) is 9. The van der Waals surface area contributed by atoms with Crippen LogP contribution in [0.3, 0.4) is 0 Å². The first kappa shape index (κ1) is 20.1. The Bertz CT molecular complexity index is 1310. The Morgan fingerprint density at radius 2 is 1.65 bits per heavy atom. The molecule has 10 nitrogen and oxygen atoms in total. The molecule has 3 aromatic carbocycles. The molecule has 7 N–H and O–H groups in total. The second-order valence-electron chi connectivity index (χ2n) is 7.14. The number of aliphatic hydroxyl groups excluding tert-OH is 1. The topological polar surface area (TPSA) is 185 Å². The molecule has 1 aliphatic heterocycles. The fourth-order valence-electron chi connectivity index (χ4n) is 3.71. The molecule has 0 unspecified atom stereocenters. The van der Waals surface area contributed by atoms with Gasteiger partial charge in [-0.15, -0.1) is 0 Å². The lowest BCUT2D eigenvalue weighted by Crippen LogP contribution is -2.30. The van der Waals surface area contributed by atoms with Gasteiger partial charge in [-0.2, -0.15) is 0 Å². The van der Waals surface area contributed by atoms with Crippen LogP contribution < -0.4 is 10.2 Å². The Kier molecular flexibility index (Phi) is 4.51. The number of rotatable bonds is 2. The van der Waals surface area contributed by atoms with Crippen molar-refractivity contribution >= 4 is 16.7 Å². The van der Waals surface area contributed by atoms with Crippen LogP contribution in [0.4, 0.5) is 0 Å². The lowest BCUT2D eigenvalue weighted by Gasteiger charge is -2.32. The van der Waals surface area contributed by atoms with Gasteiger partial charge in [-0.25, -0.2) is 4.79 Å². The highest BCUT2D eigenvalue weighted by molar-refractivity contribution is 6.00. The summed E-state index contributed by atoms with van der Waals surface area (Å²) in [5, 5.41) is 69.8. The van der Waals surface area contributed by atoms with Crippen LogP contribution in [-0.2, 0) is 6.42 Å². The van der Waals surface area contributed by atoms with E-state index in [4.69, 9.17) is 4.74 Å². The van der Waals surface area contributed by atoms with E-state index in [0.29, 0.717) is 6.07 Å². The second kappa shape index (κ2) is 6.96. The first-order valence-corrected chi connectivity index (χ1v) is 8.97. The number of hydrogen-bond donors (Lipinski definition) is 7. The normalized spacial score (nSPS) is 17.7. The number of aromatic hydroxyl groups is 5. The van der Waals surface area contributed by atoms with Crippen molar-refractivity contribution in [2.45, 2.75) is 18.6 Å². The smallest absolute Gasteiger partial charge is 0.335 e. The van der Waals surface area contributed by atoms with Gasteiger partial charge in [0.15, 0.2) is 23.4 Å². The fraction of sp³-hybridized carbons (Fsp3) is 0.143. The second-order valence-corrected chi connectivity index (χ2v) is 7.14. The lowest BCUT2D eigenvalue weighted by atomic mass is 9.91. The number of phenols is 4. The predicted octanol–water partition coefficient (Wildman–Crippen LogP) is 1.46. The summed E-state index contributed by atoms with van der Waals surface area (Å²) < 4.78 is 5.73. The summed E-state index contributed by atoms with van der Waals surface area (Å²) in [5.74, 6) is -4.68. The van der Waals surface area contributed by atoms with Gasteiger partial charge in [-0.05, 0) is 17.5 Å². The minimum Gasteiger partial charge on any atom is -0.508 e. The van der Waals surface area contributed by atoms with E-state index in [1.165, 1.54) is 6.07 Å². The summed E-state index contributed by atoms with van der Waals surface area (Å²) in [5.41, 5.74) is -1.44. The van der Waals surface area contributed by atoms with Gasteiger partial charge >= 0.3 is 5.97 Å². The molecular formula is C21H16O10. The number of ether oxygens (including phenoxy) is 1. The minimum atomic E-state index is -1.49. The quantitative estimate of drug-likeness (QED) is 0.295. The van der Waals surface area contributed by atoms with Crippen LogP contribution >= 0.6 is 0 Å². The van der Waals surface area contributed by atoms with Crippen LogP contribution in [0.1, 0.15) is 27.6 Å². The highest BCUT2D eigenvalue weighted by atomic mass is 16.5. The number of carboxylic acid groups (broad SMARTS) is 1. The maximum absolute atomic E-state index is 12.2. The molecule has 160 valence electrons. The van der Waals surface area contributed by atoms with E-state index >= 15 is 0 Å². The molecule has 0 saturated heterocycles. The third-order valence-electron chi connectivity index (χ3n) is 5.15. The monoisotopic (exact) mass is 428 g/mol. The Labute approximate surface area is 173 Å². The fourth-order valence-corrected chi connectivity index (χ4v) is 3.71. The van der Waals surface area contributed by atoms with E-state index in [1.807, 2.05) is 0 Å². The molecule has 0 radical (unpaired) electrons. The molecule has 4 rings (SSSR count). The van der Waals surface area contributed by atoms with Crippen molar-refractivity contribution in [1.29, 1.82) is 0 Å². The zero-order chi connectivity index (χ0) is 22.6. The Balaban J connectivity index is 2.04. The molecule has 0 fully saturated rings. The summed E-state index contributed by atoms with van der Waals surface area (Å²) >= 11 is 0. The molecule has 31 heavy (non-hydrogen) atoms. The van der Waals surface area contributed by atoms with E-state index < -0.39 is 51.8 Å². The molecular weight excluding hydrogens is 412 g/mol. The zero-order valence-corrected chi connectivity index (χ0v) is 15.6. The van der Waals surface area contributed by atoms with Gasteiger partial charge in [0, 0.05) is 35.7 Å². The molecule has 0 spiro atoms. The molecule has 1 heterocycles. The minimum absolute atomic E-state index is 0.0287. The third-order valence-corrected chi connectivity index (χ3v) is 5.15. The van der Waals surface area contributed by atoms with Crippen molar-refractivity contribution < 1.29 is 45.3 Å². The lowest BCUT2D eigenvalue weighted by molar-refractivity contribution is 0.0205. The summed E-state index contributed by atoms with van der Waals surface area (Å²) in [4.78, 5) is 23.7. The third kappa shape index (κ3) is 3.19. The largest absolute Gasteiger partial charge is 0.508 e. The zero-order valence-electron chi connectivity index (χ0n) is 15.6. The molecule has 1 aliphatic rings. The van der Waals surface area contributed by atoms with Crippen molar-refractivity contribution in [2.75, 3.05) is 0 Å². The van der Waals surface area contributed by atoms with Gasteiger partial charge in [-0.1, -0.05) is 0 Å². The number of fused-ring (bicyclic) bond motifs is 2. The maximum Gasteiger partial charge on any atom is 0.335 e. The highest BCUT2D eigenvalue weighted by Crippen LogP contribution is 2.46. The summed E-state index contributed by atoms with van der Waals surface area (Å²) in [7, 11) is 0. The average molecular weight is 428 g/mol. The van der Waals surface area contributed by atoms with Crippen LogP contribution in [-0.4, -0.2) is 47.8 Å². The molecule has 0 saturated carbocycles. The molecule has 0 aromatic heterocycles. The summed E-state index contributed by atoms with van der Waals surface area (Å²) in [6.07, 6.45) is -2.72. The number of carboxylic acids is 1. The van der Waals surface area contributed by atoms with Gasteiger partial charge < -0.3 is 40.5 Å². The van der Waals surface area contributed by atoms with Crippen LogP contribution in [0.25, 0.3) is 10.8 Å². The molecule has 0 aliphatic carbocycles. The van der Waals surface area contributed by atoms with E-state index in [0.717, 1.165) is 18.2 Å². The highest BCUT2D eigenvalue weighted by Gasteiger charge is 2.34. The van der Waals surface area contributed by atoms with Crippen molar-refractivity contribution in [3.8, 4) is 34.5 Å². The van der Waals surface area contributed by atoms with E-state index in [2.05, 4.69) is 0 Å². The van der Waals surface area contributed by atoms with Crippen LogP contribution in [0, 0.1) is 0 Å². The standard InChI is InChI=1S/C21H16O10/c22-8-3-12(23)11-6-15(26)20(31-16(11)4-8)10-5-14(25)19(28)17-9(10)1-7(21(29)30)2-13(24)18(17)27/h1-5,15,20,22-23,25-26,28H,6H2,(H,24,27)(H,29,30)/t15-,20-/m0/s1. The van der Waals surface area contributed by atoms with Crippen molar-refractivity contribution in [3.05, 3.63) is 57.2 Å². The van der Waals surface area contributed by atoms with Crippen molar-refractivity contribution in [2.24, 2.45) is 0 Å². The Morgan fingerprint density at radius 1 is 0.935 bits per heavy atom. The first-order valence-electron chi connectivity index (χ1n) is 8.97. The van der Waals surface area contributed by atoms with E-state index in [1.54, 1.807) is 0 Å². The van der Waals surface area contributed by atoms with Gasteiger partial charge in [0.05, 0.1) is 17.1 Å². The van der Waals surface area contributed by atoms with Gasteiger partial charge in [0.1, 0.15) is 17.2 Å². The summed E-state index contributed by atoms with van der Waals surface area (Å²) in [6, 6.07) is 4.94. The molecule has 0 bridgehead atoms. The van der Waals surface area contributed by atoms with Crippen molar-refractivity contribution in [3.63, 3.8) is 0 Å². The molecule has 3 aromatic rings. The number of carbonyl (C=O) groups is 1. The van der Waals surface area contributed by atoms with Gasteiger partial charge in [0.2, 0.25) is 5.43 Å². The SMILES string of the molecule is O=C(O)c1cc(=O)c(O)c2c(O)c(O)cc([C@@H]3Oc4cc(O)cc(O)c4C[C@@H]3O)c2c1. The molecule has 0 amide bonds. The number of aliphatic hydroxyl groups is 1. The Morgan fingerprint density at radius 3 is 2.32 bits per heavy atom. The number of phenolic OH excluding ortho intramolecular Hbond substituents is 4. The molecule has 10 heteroatoms. The van der Waals surface area contributed by atoms with Crippen LogP contribution in [0.5, 0.6) is 34.5 Å².